The van der Waals surface area contributed by atoms with Gasteiger partial charge in [-0.1, -0.05) is 20.3 Å². The summed E-state index contributed by atoms with van der Waals surface area (Å²) < 4.78 is 4.44. The van der Waals surface area contributed by atoms with Gasteiger partial charge in [-0.05, 0) is 35.2 Å². The zero-order valence-electron chi connectivity index (χ0n) is 8.31. The topological polar surface area (TPSA) is 52.3 Å². The molecule has 0 heterocycles. The van der Waals surface area contributed by atoms with Crippen LogP contribution in [0.1, 0.15) is 39.5 Å². The molecule has 1 amide bonds. The minimum absolute atomic E-state index is 0.436. The van der Waals surface area contributed by atoms with Crippen LogP contribution in [-0.2, 0) is 9.53 Å². The fraction of sp³-hybridized carbons (Fsp3) is 0.889. The number of primary amides is 1. The Morgan fingerprint density at radius 2 is 2.08 bits per heavy atom. The third-order valence-corrected chi connectivity index (χ3v) is 2.77. The largest absolute Gasteiger partial charge is 0.366 e. The van der Waals surface area contributed by atoms with Crippen molar-refractivity contribution in [3.8, 4) is 0 Å². The molecule has 0 aliphatic carbocycles. The lowest BCUT2D eigenvalue weighted by molar-refractivity contribution is -0.132. The van der Waals surface area contributed by atoms with Crippen LogP contribution in [0, 0.1) is 0 Å². The summed E-state index contributed by atoms with van der Waals surface area (Å²) in [5, 5.41) is 0. The van der Waals surface area contributed by atoms with E-state index in [0.717, 1.165) is 19.3 Å². The molecular weight excluding hydrogens is 234 g/mol. The average Bonchev–Trinajstić information content (AvgIpc) is 2.11. The van der Waals surface area contributed by atoms with Gasteiger partial charge in [0, 0.05) is 6.61 Å². The monoisotopic (exact) mass is 251 g/mol. The van der Waals surface area contributed by atoms with Gasteiger partial charge < -0.3 is 10.5 Å². The number of unbranched alkanes of at least 4 members (excludes halogenated alkanes) is 1. The van der Waals surface area contributed by atoms with Crippen LogP contribution in [0.4, 0.5) is 0 Å². The predicted octanol–water partition coefficient (Wildman–Crippen LogP) is 2.18. The summed E-state index contributed by atoms with van der Waals surface area (Å²) in [5.74, 6) is -0.436. The average molecular weight is 252 g/mol. The van der Waals surface area contributed by atoms with E-state index in [9.17, 15) is 4.79 Å². The zero-order valence-corrected chi connectivity index (χ0v) is 9.89. The molecule has 0 fully saturated rings. The summed E-state index contributed by atoms with van der Waals surface area (Å²) in [4.78, 5) is 11.1. The van der Waals surface area contributed by atoms with E-state index in [2.05, 4.69) is 22.9 Å². The molecule has 0 spiro atoms. The standard InChI is InChI=1S/C9H18BrNO2/c1-3-5-6-9(10,8(11)12)13-7-4-2/h3-7H2,1-2H3,(H2,11,12). The lowest BCUT2D eigenvalue weighted by Gasteiger charge is -2.23. The highest BCUT2D eigenvalue weighted by Crippen LogP contribution is 2.26. The zero-order chi connectivity index (χ0) is 10.3. The van der Waals surface area contributed by atoms with Crippen LogP contribution < -0.4 is 5.73 Å². The highest BCUT2D eigenvalue weighted by Gasteiger charge is 2.33. The number of rotatable bonds is 7. The molecule has 78 valence electrons. The number of nitrogens with two attached hydrogens (primary N) is 1. The van der Waals surface area contributed by atoms with Gasteiger partial charge in [0.05, 0.1) is 0 Å². The minimum Gasteiger partial charge on any atom is -0.366 e. The maximum Gasteiger partial charge on any atom is 0.260 e. The first-order valence-electron chi connectivity index (χ1n) is 4.69. The molecule has 0 aromatic carbocycles. The van der Waals surface area contributed by atoms with E-state index in [1.54, 1.807) is 0 Å². The maximum atomic E-state index is 11.1. The number of hydrogen-bond donors (Lipinski definition) is 1. The van der Waals surface area contributed by atoms with Crippen molar-refractivity contribution >= 4 is 21.8 Å². The molecule has 2 N–H and O–H groups in total. The van der Waals surface area contributed by atoms with Crippen molar-refractivity contribution in [3.63, 3.8) is 0 Å². The van der Waals surface area contributed by atoms with Crippen molar-refractivity contribution in [3.05, 3.63) is 0 Å². The van der Waals surface area contributed by atoms with Gasteiger partial charge in [-0.3, -0.25) is 4.79 Å². The summed E-state index contributed by atoms with van der Waals surface area (Å²) in [7, 11) is 0. The first kappa shape index (κ1) is 12.9. The Morgan fingerprint density at radius 3 is 2.46 bits per heavy atom. The van der Waals surface area contributed by atoms with E-state index in [4.69, 9.17) is 10.5 Å². The molecule has 0 saturated carbocycles. The quantitative estimate of drug-likeness (QED) is 0.706. The number of ether oxygens (including phenoxy) is 1. The summed E-state index contributed by atoms with van der Waals surface area (Å²) in [6.45, 7) is 4.61. The van der Waals surface area contributed by atoms with Crippen molar-refractivity contribution in [2.45, 2.75) is 44.0 Å². The van der Waals surface area contributed by atoms with Gasteiger partial charge in [0.15, 0.2) is 0 Å². The Labute approximate surface area is 88.1 Å². The van der Waals surface area contributed by atoms with E-state index >= 15 is 0 Å². The molecule has 0 rings (SSSR count). The Kier molecular flexibility index (Phi) is 6.33. The third-order valence-electron chi connectivity index (χ3n) is 1.75. The molecule has 13 heavy (non-hydrogen) atoms. The molecule has 1 atom stereocenters. The lowest BCUT2D eigenvalue weighted by Crippen LogP contribution is -2.41. The summed E-state index contributed by atoms with van der Waals surface area (Å²) in [5.41, 5.74) is 5.24. The summed E-state index contributed by atoms with van der Waals surface area (Å²) in [6, 6.07) is 0. The minimum atomic E-state index is -0.945. The van der Waals surface area contributed by atoms with Gasteiger partial charge in [-0.15, -0.1) is 0 Å². The molecular formula is C9H18BrNO2. The molecule has 3 nitrogen and oxygen atoms in total. The van der Waals surface area contributed by atoms with Crippen molar-refractivity contribution in [1.29, 1.82) is 0 Å². The van der Waals surface area contributed by atoms with Crippen LogP contribution in [0.3, 0.4) is 0 Å². The molecule has 0 aliphatic rings. The van der Waals surface area contributed by atoms with Gasteiger partial charge in [0.25, 0.3) is 5.91 Å². The SMILES string of the molecule is CCCCC(Br)(OCCC)C(N)=O. The van der Waals surface area contributed by atoms with Crippen molar-refractivity contribution in [2.24, 2.45) is 5.73 Å². The molecule has 0 radical (unpaired) electrons. The van der Waals surface area contributed by atoms with Gasteiger partial charge in [0.2, 0.25) is 4.51 Å². The van der Waals surface area contributed by atoms with Crippen LogP contribution >= 0.6 is 15.9 Å². The fourth-order valence-electron chi connectivity index (χ4n) is 0.934. The van der Waals surface area contributed by atoms with Crippen LogP contribution in [0.25, 0.3) is 0 Å². The van der Waals surface area contributed by atoms with Crippen LogP contribution in [-0.4, -0.2) is 17.0 Å². The number of carbonyl (C=O) groups is 1. The summed E-state index contributed by atoms with van der Waals surface area (Å²) in [6.07, 6.45) is 3.47. The fourth-order valence-corrected chi connectivity index (χ4v) is 1.38. The first-order valence-corrected chi connectivity index (χ1v) is 5.49. The Morgan fingerprint density at radius 1 is 1.46 bits per heavy atom. The van der Waals surface area contributed by atoms with Gasteiger partial charge in [0.1, 0.15) is 0 Å². The first-order chi connectivity index (χ1) is 6.06. The van der Waals surface area contributed by atoms with E-state index in [1.165, 1.54) is 0 Å². The molecule has 1 unspecified atom stereocenters. The smallest absolute Gasteiger partial charge is 0.260 e. The normalized spacial score (nSPS) is 15.3. The highest BCUT2D eigenvalue weighted by atomic mass is 79.9. The van der Waals surface area contributed by atoms with Gasteiger partial charge in [-0.25, -0.2) is 0 Å². The van der Waals surface area contributed by atoms with E-state index in [1.807, 2.05) is 6.92 Å². The molecule has 0 aromatic rings. The van der Waals surface area contributed by atoms with Gasteiger partial charge in [-0.2, -0.15) is 0 Å². The Bertz CT molecular complexity index is 154. The Balaban J connectivity index is 4.08. The second-order valence-electron chi connectivity index (χ2n) is 3.04. The lowest BCUT2D eigenvalue weighted by atomic mass is 10.1. The maximum absolute atomic E-state index is 11.1. The van der Waals surface area contributed by atoms with E-state index < -0.39 is 10.4 Å². The number of alkyl halides is 1. The Hall–Kier alpha value is -0.0900. The molecule has 4 heteroatoms. The molecule has 0 bridgehead atoms. The number of hydrogen-bond acceptors (Lipinski definition) is 2. The second kappa shape index (κ2) is 6.38. The van der Waals surface area contributed by atoms with Crippen molar-refractivity contribution < 1.29 is 9.53 Å². The molecule has 0 saturated heterocycles. The van der Waals surface area contributed by atoms with Crippen molar-refractivity contribution in [1.82, 2.24) is 0 Å². The number of carbonyl (C=O) groups excluding carboxylic acids is 1. The highest BCUT2D eigenvalue weighted by molar-refractivity contribution is 9.10. The van der Waals surface area contributed by atoms with Crippen LogP contribution in [0.2, 0.25) is 0 Å². The second-order valence-corrected chi connectivity index (χ2v) is 4.33. The van der Waals surface area contributed by atoms with Crippen LogP contribution in [0.15, 0.2) is 0 Å². The van der Waals surface area contributed by atoms with E-state index in [-0.39, 0.29) is 0 Å². The van der Waals surface area contributed by atoms with Crippen molar-refractivity contribution in [2.75, 3.05) is 6.61 Å². The van der Waals surface area contributed by atoms with Gasteiger partial charge >= 0.3 is 0 Å². The van der Waals surface area contributed by atoms with Crippen LogP contribution in [0.5, 0.6) is 0 Å². The number of halogens is 1. The van der Waals surface area contributed by atoms with E-state index in [0.29, 0.717) is 13.0 Å². The third kappa shape index (κ3) is 4.62. The predicted molar refractivity (Wildman–Crippen MR) is 56.6 cm³/mol. The molecule has 0 aliphatic heterocycles. The molecule has 0 aromatic heterocycles. The number of amides is 1. The summed E-state index contributed by atoms with van der Waals surface area (Å²) >= 11 is 3.26.